The van der Waals surface area contributed by atoms with Crippen molar-refractivity contribution in [1.82, 2.24) is 0 Å². The zero-order chi connectivity index (χ0) is 13.0. The minimum Gasteiger partial charge on any atom is -0.378 e. The molecule has 0 aromatic heterocycles. The fraction of sp³-hybridized carbons (Fsp3) is 0.625. The number of alkyl halides is 1. The molecule has 2 atom stereocenters. The monoisotopic (exact) mass is 310 g/mol. The van der Waals surface area contributed by atoms with Crippen molar-refractivity contribution >= 4 is 15.9 Å². The highest BCUT2D eigenvalue weighted by atomic mass is 79.9. The molecule has 1 aliphatic rings. The van der Waals surface area contributed by atoms with E-state index in [4.69, 9.17) is 4.74 Å². The van der Waals surface area contributed by atoms with E-state index < -0.39 is 0 Å². The van der Waals surface area contributed by atoms with E-state index >= 15 is 0 Å². The molecule has 1 saturated heterocycles. The summed E-state index contributed by atoms with van der Waals surface area (Å²) in [6, 6.07) is 9.01. The third-order valence-corrected chi connectivity index (χ3v) is 4.72. The van der Waals surface area contributed by atoms with Gasteiger partial charge >= 0.3 is 0 Å². The summed E-state index contributed by atoms with van der Waals surface area (Å²) in [5, 5.41) is 0. The first-order chi connectivity index (χ1) is 8.66. The van der Waals surface area contributed by atoms with Gasteiger partial charge in [-0.25, -0.2) is 0 Å². The Morgan fingerprint density at radius 1 is 1.22 bits per heavy atom. The SMILES string of the molecule is CC(C)c1ccc(C(Br)CCC2CCCO2)cc1. The highest BCUT2D eigenvalue weighted by Crippen LogP contribution is 2.31. The predicted molar refractivity (Wildman–Crippen MR) is 80.4 cm³/mol. The van der Waals surface area contributed by atoms with Crippen LogP contribution in [0, 0.1) is 0 Å². The van der Waals surface area contributed by atoms with Crippen LogP contribution in [-0.4, -0.2) is 12.7 Å². The van der Waals surface area contributed by atoms with Crippen molar-refractivity contribution in [2.24, 2.45) is 0 Å². The number of hydrogen-bond acceptors (Lipinski definition) is 1. The first-order valence-electron chi connectivity index (χ1n) is 7.02. The highest BCUT2D eigenvalue weighted by molar-refractivity contribution is 9.09. The molecule has 0 saturated carbocycles. The maximum absolute atomic E-state index is 5.67. The lowest BCUT2D eigenvalue weighted by Crippen LogP contribution is -2.05. The van der Waals surface area contributed by atoms with Gasteiger partial charge < -0.3 is 4.74 Å². The quantitative estimate of drug-likeness (QED) is 0.679. The Kier molecular flexibility index (Phi) is 5.25. The number of benzene rings is 1. The molecule has 0 amide bonds. The second kappa shape index (κ2) is 6.72. The molecule has 1 aliphatic heterocycles. The molecule has 0 radical (unpaired) electrons. The van der Waals surface area contributed by atoms with Gasteiger partial charge in [0, 0.05) is 11.4 Å². The van der Waals surface area contributed by atoms with Crippen molar-refractivity contribution in [3.8, 4) is 0 Å². The van der Waals surface area contributed by atoms with Crippen molar-refractivity contribution in [2.75, 3.05) is 6.61 Å². The molecular weight excluding hydrogens is 288 g/mol. The molecule has 0 bridgehead atoms. The number of rotatable bonds is 5. The zero-order valence-electron chi connectivity index (χ0n) is 11.4. The van der Waals surface area contributed by atoms with Crippen LogP contribution in [-0.2, 0) is 4.74 Å². The Morgan fingerprint density at radius 3 is 2.44 bits per heavy atom. The summed E-state index contributed by atoms with van der Waals surface area (Å²) in [6.45, 7) is 5.43. The van der Waals surface area contributed by atoms with Gasteiger partial charge in [0.1, 0.15) is 0 Å². The molecule has 0 spiro atoms. The summed E-state index contributed by atoms with van der Waals surface area (Å²) < 4.78 is 5.67. The fourth-order valence-electron chi connectivity index (χ4n) is 2.46. The Labute approximate surface area is 119 Å². The van der Waals surface area contributed by atoms with E-state index in [1.165, 1.54) is 30.4 Å². The van der Waals surface area contributed by atoms with Gasteiger partial charge in [-0.3, -0.25) is 0 Å². The molecule has 2 unspecified atom stereocenters. The van der Waals surface area contributed by atoms with E-state index in [0.717, 1.165) is 13.0 Å². The molecule has 2 heteroatoms. The maximum atomic E-state index is 5.67. The van der Waals surface area contributed by atoms with E-state index in [-0.39, 0.29) is 0 Å². The minimum atomic E-state index is 0.461. The van der Waals surface area contributed by atoms with Crippen LogP contribution in [0.4, 0.5) is 0 Å². The standard InChI is InChI=1S/C16H23BrO/c1-12(2)13-5-7-14(8-6-13)16(17)10-9-15-4-3-11-18-15/h5-8,12,15-16H,3-4,9-11H2,1-2H3. The lowest BCUT2D eigenvalue weighted by Gasteiger charge is -2.14. The normalized spacial score (nSPS) is 21.4. The smallest absolute Gasteiger partial charge is 0.0576 e. The summed E-state index contributed by atoms with van der Waals surface area (Å²) in [5.74, 6) is 0.611. The van der Waals surface area contributed by atoms with Crippen LogP contribution in [0.2, 0.25) is 0 Å². The van der Waals surface area contributed by atoms with Crippen LogP contribution in [0.3, 0.4) is 0 Å². The van der Waals surface area contributed by atoms with Gasteiger partial charge in [0.15, 0.2) is 0 Å². The van der Waals surface area contributed by atoms with Gasteiger partial charge in [-0.15, -0.1) is 0 Å². The number of halogens is 1. The predicted octanol–water partition coefficient (Wildman–Crippen LogP) is 5.21. The molecular formula is C16H23BrO. The Hall–Kier alpha value is -0.340. The highest BCUT2D eigenvalue weighted by Gasteiger charge is 2.17. The summed E-state index contributed by atoms with van der Waals surface area (Å²) in [5.41, 5.74) is 2.80. The van der Waals surface area contributed by atoms with E-state index in [2.05, 4.69) is 54.0 Å². The number of ether oxygens (including phenoxy) is 1. The van der Waals surface area contributed by atoms with E-state index in [0.29, 0.717) is 16.8 Å². The lowest BCUT2D eigenvalue weighted by atomic mass is 9.99. The summed E-state index contributed by atoms with van der Waals surface area (Å²) in [6.07, 6.45) is 5.31. The summed E-state index contributed by atoms with van der Waals surface area (Å²) in [4.78, 5) is 0.461. The van der Waals surface area contributed by atoms with Crippen LogP contribution in [0.25, 0.3) is 0 Å². The van der Waals surface area contributed by atoms with E-state index in [9.17, 15) is 0 Å². The van der Waals surface area contributed by atoms with Crippen LogP contribution < -0.4 is 0 Å². The van der Waals surface area contributed by atoms with Crippen LogP contribution in [0.5, 0.6) is 0 Å². The summed E-state index contributed by atoms with van der Waals surface area (Å²) >= 11 is 3.80. The second-order valence-corrected chi connectivity index (χ2v) is 6.61. The average Bonchev–Trinajstić information content (AvgIpc) is 2.89. The molecule has 1 aromatic carbocycles. The van der Waals surface area contributed by atoms with E-state index in [1.54, 1.807) is 0 Å². The van der Waals surface area contributed by atoms with Crippen LogP contribution >= 0.6 is 15.9 Å². The van der Waals surface area contributed by atoms with Crippen LogP contribution in [0.1, 0.15) is 61.4 Å². The second-order valence-electron chi connectivity index (χ2n) is 5.50. The molecule has 18 heavy (non-hydrogen) atoms. The van der Waals surface area contributed by atoms with Gasteiger partial charge in [0.25, 0.3) is 0 Å². The zero-order valence-corrected chi connectivity index (χ0v) is 12.9. The molecule has 1 nitrogen and oxygen atoms in total. The lowest BCUT2D eigenvalue weighted by molar-refractivity contribution is 0.102. The topological polar surface area (TPSA) is 9.23 Å². The molecule has 1 fully saturated rings. The average molecular weight is 311 g/mol. The Balaban J connectivity index is 1.85. The van der Waals surface area contributed by atoms with Gasteiger partial charge in [-0.05, 0) is 42.7 Å². The molecule has 1 aromatic rings. The van der Waals surface area contributed by atoms with Crippen LogP contribution in [0.15, 0.2) is 24.3 Å². The molecule has 0 aliphatic carbocycles. The first-order valence-corrected chi connectivity index (χ1v) is 7.94. The Bertz CT molecular complexity index is 352. The fourth-order valence-corrected chi connectivity index (χ4v) is 3.03. The van der Waals surface area contributed by atoms with Gasteiger partial charge in [0.05, 0.1) is 6.10 Å². The van der Waals surface area contributed by atoms with Crippen molar-refractivity contribution < 1.29 is 4.74 Å². The van der Waals surface area contributed by atoms with Crippen molar-refractivity contribution in [3.05, 3.63) is 35.4 Å². The third kappa shape index (κ3) is 3.83. The molecule has 2 rings (SSSR count). The molecule has 100 valence electrons. The minimum absolute atomic E-state index is 0.461. The largest absolute Gasteiger partial charge is 0.378 e. The molecule has 0 N–H and O–H groups in total. The van der Waals surface area contributed by atoms with Crippen molar-refractivity contribution in [2.45, 2.75) is 56.4 Å². The van der Waals surface area contributed by atoms with Gasteiger partial charge in [-0.1, -0.05) is 54.0 Å². The van der Waals surface area contributed by atoms with Crippen molar-refractivity contribution in [1.29, 1.82) is 0 Å². The van der Waals surface area contributed by atoms with Gasteiger partial charge in [0.2, 0.25) is 0 Å². The third-order valence-electron chi connectivity index (χ3n) is 3.73. The molecule has 1 heterocycles. The maximum Gasteiger partial charge on any atom is 0.0576 e. The van der Waals surface area contributed by atoms with Gasteiger partial charge in [-0.2, -0.15) is 0 Å². The first kappa shape index (κ1) is 14.1. The summed E-state index contributed by atoms with van der Waals surface area (Å²) in [7, 11) is 0. The Morgan fingerprint density at radius 2 is 1.89 bits per heavy atom. The van der Waals surface area contributed by atoms with Crippen molar-refractivity contribution in [3.63, 3.8) is 0 Å². The van der Waals surface area contributed by atoms with E-state index in [1.807, 2.05) is 0 Å². The number of hydrogen-bond donors (Lipinski definition) is 0.